The zero-order chi connectivity index (χ0) is 20.9. The number of anilines is 3. The molecular formula is C22H26N6OS. The van der Waals surface area contributed by atoms with Gasteiger partial charge in [-0.3, -0.25) is 14.7 Å². The number of aryl methyl sites for hydroxylation is 2. The first-order valence-electron chi connectivity index (χ1n) is 10.2. The van der Waals surface area contributed by atoms with Crippen molar-refractivity contribution in [3.05, 3.63) is 59.0 Å². The summed E-state index contributed by atoms with van der Waals surface area (Å²) in [6.07, 6.45) is 5.67. The standard InChI is InChI=1S/C22H26N6OS/c1-15-10-18(26-20-7-3-4-8-23-20)11-19(25-15)17-6-5-9-28(13-17)14-21(29)27-22-24-12-16(2)30-22/h3-4,7-8,10-12,17H,5-6,9,13-14H2,1-2H3,(H,23,25,26)(H,24,27,29). The average Bonchev–Trinajstić information content (AvgIpc) is 3.13. The van der Waals surface area contributed by atoms with Crippen LogP contribution in [0.3, 0.4) is 0 Å². The monoisotopic (exact) mass is 422 g/mol. The first-order chi connectivity index (χ1) is 14.5. The van der Waals surface area contributed by atoms with Gasteiger partial charge in [0, 0.05) is 46.8 Å². The van der Waals surface area contributed by atoms with E-state index in [-0.39, 0.29) is 5.91 Å². The average molecular weight is 423 g/mol. The number of hydrogen-bond donors (Lipinski definition) is 2. The molecule has 1 atom stereocenters. The lowest BCUT2D eigenvalue weighted by molar-refractivity contribution is -0.117. The molecule has 4 heterocycles. The highest BCUT2D eigenvalue weighted by Gasteiger charge is 2.24. The van der Waals surface area contributed by atoms with E-state index in [4.69, 9.17) is 4.98 Å². The van der Waals surface area contributed by atoms with Crippen molar-refractivity contribution in [3.8, 4) is 0 Å². The fourth-order valence-corrected chi connectivity index (χ4v) is 4.46. The van der Waals surface area contributed by atoms with Crippen LogP contribution in [0.5, 0.6) is 0 Å². The number of aromatic nitrogens is 3. The number of rotatable bonds is 6. The second-order valence-electron chi connectivity index (χ2n) is 7.66. The van der Waals surface area contributed by atoms with Crippen LogP contribution in [-0.4, -0.2) is 45.4 Å². The summed E-state index contributed by atoms with van der Waals surface area (Å²) >= 11 is 1.50. The topological polar surface area (TPSA) is 83.0 Å². The number of nitrogens with zero attached hydrogens (tertiary/aromatic N) is 4. The normalized spacial score (nSPS) is 16.9. The van der Waals surface area contributed by atoms with Gasteiger partial charge in [0.15, 0.2) is 5.13 Å². The molecule has 1 saturated heterocycles. The van der Waals surface area contributed by atoms with Gasteiger partial charge < -0.3 is 10.6 Å². The zero-order valence-corrected chi connectivity index (χ0v) is 18.1. The number of pyridine rings is 2. The predicted octanol–water partition coefficient (Wildman–Crippen LogP) is 4.11. The third-order valence-corrected chi connectivity index (χ3v) is 5.90. The number of likely N-dealkylation sites (tertiary alicyclic amines) is 1. The Kier molecular flexibility index (Phi) is 6.35. The lowest BCUT2D eigenvalue weighted by Gasteiger charge is -2.32. The van der Waals surface area contributed by atoms with Crippen molar-refractivity contribution in [2.75, 3.05) is 30.3 Å². The van der Waals surface area contributed by atoms with Gasteiger partial charge in [-0.1, -0.05) is 6.07 Å². The molecule has 3 aromatic heterocycles. The lowest BCUT2D eigenvalue weighted by atomic mass is 9.93. The predicted molar refractivity (Wildman–Crippen MR) is 120 cm³/mol. The van der Waals surface area contributed by atoms with Crippen molar-refractivity contribution in [1.29, 1.82) is 0 Å². The molecule has 1 fully saturated rings. The summed E-state index contributed by atoms with van der Waals surface area (Å²) in [5.74, 6) is 1.10. The van der Waals surface area contributed by atoms with Crippen LogP contribution in [0.1, 0.15) is 35.0 Å². The van der Waals surface area contributed by atoms with Crippen LogP contribution >= 0.6 is 11.3 Å². The smallest absolute Gasteiger partial charge is 0.240 e. The quantitative estimate of drug-likeness (QED) is 0.622. The maximum Gasteiger partial charge on any atom is 0.240 e. The van der Waals surface area contributed by atoms with E-state index in [2.05, 4.69) is 31.6 Å². The lowest BCUT2D eigenvalue weighted by Crippen LogP contribution is -2.40. The maximum absolute atomic E-state index is 12.4. The van der Waals surface area contributed by atoms with Gasteiger partial charge in [-0.25, -0.2) is 9.97 Å². The number of piperidine rings is 1. The van der Waals surface area contributed by atoms with Crippen LogP contribution in [-0.2, 0) is 4.79 Å². The first kappa shape index (κ1) is 20.4. The van der Waals surface area contributed by atoms with Crippen LogP contribution in [0.4, 0.5) is 16.6 Å². The molecule has 1 amide bonds. The van der Waals surface area contributed by atoms with Crippen molar-refractivity contribution in [3.63, 3.8) is 0 Å². The summed E-state index contributed by atoms with van der Waals surface area (Å²) in [5.41, 5.74) is 3.03. The number of carbonyl (C=O) groups is 1. The molecule has 0 aromatic carbocycles. The summed E-state index contributed by atoms with van der Waals surface area (Å²) in [7, 11) is 0. The Hall–Kier alpha value is -2.84. The molecule has 8 heteroatoms. The van der Waals surface area contributed by atoms with Crippen LogP contribution in [0.2, 0.25) is 0 Å². The second-order valence-corrected chi connectivity index (χ2v) is 8.90. The van der Waals surface area contributed by atoms with Gasteiger partial charge in [0.1, 0.15) is 5.82 Å². The van der Waals surface area contributed by atoms with Gasteiger partial charge in [-0.15, -0.1) is 11.3 Å². The van der Waals surface area contributed by atoms with E-state index in [1.54, 1.807) is 12.4 Å². The molecule has 156 valence electrons. The molecule has 7 nitrogen and oxygen atoms in total. The molecule has 0 radical (unpaired) electrons. The molecule has 1 aliphatic heterocycles. The Morgan fingerprint density at radius 1 is 1.27 bits per heavy atom. The minimum Gasteiger partial charge on any atom is -0.340 e. The van der Waals surface area contributed by atoms with E-state index < -0.39 is 0 Å². The van der Waals surface area contributed by atoms with Crippen molar-refractivity contribution < 1.29 is 4.79 Å². The van der Waals surface area contributed by atoms with Gasteiger partial charge >= 0.3 is 0 Å². The second kappa shape index (κ2) is 9.32. The van der Waals surface area contributed by atoms with Gasteiger partial charge in [0.25, 0.3) is 0 Å². The molecule has 30 heavy (non-hydrogen) atoms. The van der Waals surface area contributed by atoms with Crippen molar-refractivity contribution in [1.82, 2.24) is 19.9 Å². The van der Waals surface area contributed by atoms with Crippen LogP contribution in [0.15, 0.2) is 42.7 Å². The van der Waals surface area contributed by atoms with E-state index >= 15 is 0 Å². The van der Waals surface area contributed by atoms with E-state index in [1.807, 2.05) is 38.1 Å². The molecule has 0 bridgehead atoms. The molecule has 0 aliphatic carbocycles. The summed E-state index contributed by atoms with van der Waals surface area (Å²) < 4.78 is 0. The summed E-state index contributed by atoms with van der Waals surface area (Å²) in [5, 5.41) is 6.93. The summed E-state index contributed by atoms with van der Waals surface area (Å²) in [6, 6.07) is 9.94. The molecule has 0 saturated carbocycles. The Morgan fingerprint density at radius 2 is 2.17 bits per heavy atom. The Morgan fingerprint density at radius 3 is 2.93 bits per heavy atom. The van der Waals surface area contributed by atoms with Crippen LogP contribution in [0.25, 0.3) is 0 Å². The summed E-state index contributed by atoms with van der Waals surface area (Å²) in [6.45, 7) is 6.11. The first-order valence-corrected chi connectivity index (χ1v) is 11.0. The van der Waals surface area contributed by atoms with Crippen molar-refractivity contribution in [2.45, 2.75) is 32.6 Å². The Labute approximate surface area is 180 Å². The molecule has 2 N–H and O–H groups in total. The molecule has 0 spiro atoms. The van der Waals surface area contributed by atoms with E-state index in [0.717, 1.165) is 53.7 Å². The van der Waals surface area contributed by atoms with Crippen molar-refractivity contribution >= 4 is 33.9 Å². The number of nitrogens with one attached hydrogen (secondary N) is 2. The molecule has 3 aromatic rings. The highest BCUT2D eigenvalue weighted by Crippen LogP contribution is 2.28. The highest BCUT2D eigenvalue weighted by molar-refractivity contribution is 7.15. The van der Waals surface area contributed by atoms with Gasteiger partial charge in [-0.2, -0.15) is 0 Å². The van der Waals surface area contributed by atoms with Crippen LogP contribution < -0.4 is 10.6 Å². The number of thiazole rings is 1. The minimum absolute atomic E-state index is 0.0142. The fourth-order valence-electron chi connectivity index (χ4n) is 3.78. The zero-order valence-electron chi connectivity index (χ0n) is 17.3. The molecular weight excluding hydrogens is 396 g/mol. The number of carbonyl (C=O) groups excluding carboxylic acids is 1. The SMILES string of the molecule is Cc1cc(Nc2ccccn2)cc(C2CCCN(CC(=O)Nc3ncc(C)s3)C2)n1. The van der Waals surface area contributed by atoms with Crippen molar-refractivity contribution in [2.24, 2.45) is 0 Å². The highest BCUT2D eigenvalue weighted by atomic mass is 32.1. The van der Waals surface area contributed by atoms with E-state index in [0.29, 0.717) is 17.6 Å². The Bertz CT molecular complexity index is 1010. The van der Waals surface area contributed by atoms with Gasteiger partial charge in [0.2, 0.25) is 5.91 Å². The largest absolute Gasteiger partial charge is 0.340 e. The molecule has 4 rings (SSSR count). The minimum atomic E-state index is -0.0142. The maximum atomic E-state index is 12.4. The third kappa shape index (κ3) is 5.40. The van der Waals surface area contributed by atoms with Crippen LogP contribution in [0, 0.1) is 13.8 Å². The van der Waals surface area contributed by atoms with Gasteiger partial charge in [0.05, 0.1) is 6.54 Å². The molecule has 1 aliphatic rings. The van der Waals surface area contributed by atoms with E-state index in [9.17, 15) is 4.79 Å². The third-order valence-electron chi connectivity index (χ3n) is 5.07. The van der Waals surface area contributed by atoms with Gasteiger partial charge in [-0.05, 0) is 57.5 Å². The fraction of sp³-hybridized carbons (Fsp3) is 0.364. The number of hydrogen-bond acceptors (Lipinski definition) is 7. The molecule has 1 unspecified atom stereocenters. The number of amides is 1. The summed E-state index contributed by atoms with van der Waals surface area (Å²) in [4.78, 5) is 29.1. The van der Waals surface area contributed by atoms with E-state index in [1.165, 1.54) is 11.3 Å². The Balaban J connectivity index is 1.40.